The second kappa shape index (κ2) is 9.73. The van der Waals surface area contributed by atoms with Gasteiger partial charge in [0.2, 0.25) is 11.8 Å². The Bertz CT molecular complexity index is 1920. The molecule has 2 atom stereocenters. The molecule has 0 saturated heterocycles. The fraction of sp³-hybridized carbons (Fsp3) is 0.189. The summed E-state index contributed by atoms with van der Waals surface area (Å²) in [6, 6.07) is 33.0. The molecule has 2 aliphatic heterocycles. The molecular formula is C37H32N4O2. The summed E-state index contributed by atoms with van der Waals surface area (Å²) in [7, 11) is 3.73. The molecule has 212 valence electrons. The van der Waals surface area contributed by atoms with E-state index in [2.05, 4.69) is 82.2 Å². The smallest absolute Gasteiger partial charge is 0.238 e. The van der Waals surface area contributed by atoms with Crippen molar-refractivity contribution >= 4 is 45.0 Å². The van der Waals surface area contributed by atoms with E-state index >= 15 is 0 Å². The lowest BCUT2D eigenvalue weighted by Crippen LogP contribution is -2.24. The van der Waals surface area contributed by atoms with Crippen molar-refractivity contribution in [3.8, 4) is 0 Å². The lowest BCUT2D eigenvalue weighted by molar-refractivity contribution is -0.119. The van der Waals surface area contributed by atoms with Crippen molar-refractivity contribution in [1.82, 2.24) is 9.13 Å². The summed E-state index contributed by atoms with van der Waals surface area (Å²) < 4.78 is 4.61. The summed E-state index contributed by atoms with van der Waals surface area (Å²) in [5, 5.41) is 2.25. The number of amides is 2. The number of rotatable bonds is 6. The van der Waals surface area contributed by atoms with Crippen LogP contribution in [0.5, 0.6) is 0 Å². The first kappa shape index (κ1) is 25.6. The van der Waals surface area contributed by atoms with Gasteiger partial charge in [-0.2, -0.15) is 0 Å². The van der Waals surface area contributed by atoms with Gasteiger partial charge in [-0.1, -0.05) is 72.8 Å². The van der Waals surface area contributed by atoms with Gasteiger partial charge in [-0.3, -0.25) is 9.59 Å². The molecule has 0 saturated carbocycles. The third-order valence-electron chi connectivity index (χ3n) is 9.43. The van der Waals surface area contributed by atoms with Gasteiger partial charge in [-0.05, 0) is 52.9 Å². The highest BCUT2D eigenvalue weighted by atomic mass is 16.2. The van der Waals surface area contributed by atoms with Crippen molar-refractivity contribution in [2.75, 3.05) is 23.9 Å². The van der Waals surface area contributed by atoms with Crippen LogP contribution in [-0.4, -0.2) is 35.0 Å². The van der Waals surface area contributed by atoms with E-state index in [1.165, 1.54) is 0 Å². The molecule has 6 nitrogen and oxygen atoms in total. The Kier molecular flexibility index (Phi) is 5.79. The predicted octanol–water partition coefficient (Wildman–Crippen LogP) is 6.90. The maximum Gasteiger partial charge on any atom is 0.238 e. The molecule has 6 heteroatoms. The Morgan fingerprint density at radius 1 is 0.512 bits per heavy atom. The summed E-state index contributed by atoms with van der Waals surface area (Å²) >= 11 is 0. The number of likely N-dealkylation sites (N-methyl/N-ethyl adjacent to an activating group) is 2. The normalized spacial score (nSPS) is 17.8. The number of carbonyl (C=O) groups is 2. The van der Waals surface area contributed by atoms with Crippen LogP contribution in [0.25, 0.3) is 21.8 Å². The predicted molar refractivity (Wildman–Crippen MR) is 172 cm³/mol. The molecule has 8 rings (SSSR count). The second-order valence-electron chi connectivity index (χ2n) is 11.7. The van der Waals surface area contributed by atoms with Crippen LogP contribution in [-0.2, 0) is 22.7 Å². The zero-order valence-corrected chi connectivity index (χ0v) is 24.3. The largest absolute Gasteiger partial charge is 0.347 e. The summed E-state index contributed by atoms with van der Waals surface area (Å²) in [6.45, 7) is 1.63. The second-order valence-corrected chi connectivity index (χ2v) is 11.7. The van der Waals surface area contributed by atoms with Gasteiger partial charge in [0.1, 0.15) is 0 Å². The van der Waals surface area contributed by atoms with Gasteiger partial charge in [0.25, 0.3) is 0 Å². The highest BCUT2D eigenvalue weighted by Gasteiger charge is 2.39. The van der Waals surface area contributed by atoms with Gasteiger partial charge in [0.15, 0.2) is 0 Å². The van der Waals surface area contributed by atoms with Crippen LogP contribution >= 0.6 is 0 Å². The quantitative estimate of drug-likeness (QED) is 0.221. The van der Waals surface area contributed by atoms with Crippen LogP contribution in [0.3, 0.4) is 0 Å². The molecule has 0 bridgehead atoms. The van der Waals surface area contributed by atoms with Crippen LogP contribution in [0.4, 0.5) is 11.4 Å². The van der Waals surface area contributed by atoms with E-state index in [4.69, 9.17) is 0 Å². The lowest BCUT2D eigenvalue weighted by Gasteiger charge is -2.11. The van der Waals surface area contributed by atoms with Crippen LogP contribution in [0.1, 0.15) is 40.5 Å². The summed E-state index contributed by atoms with van der Waals surface area (Å²) in [5.41, 5.74) is 8.52. The van der Waals surface area contributed by atoms with Crippen molar-refractivity contribution in [1.29, 1.82) is 0 Å². The van der Waals surface area contributed by atoms with Crippen LogP contribution in [0.2, 0.25) is 0 Å². The van der Waals surface area contributed by atoms with E-state index in [1.807, 2.05) is 50.5 Å². The number of para-hydroxylation sites is 4. The summed E-state index contributed by atoms with van der Waals surface area (Å²) in [4.78, 5) is 30.5. The highest BCUT2D eigenvalue weighted by molar-refractivity contribution is 6.09. The Labute approximate surface area is 250 Å². The molecule has 2 aromatic heterocycles. The monoisotopic (exact) mass is 564 g/mol. The van der Waals surface area contributed by atoms with Crippen LogP contribution in [0.15, 0.2) is 109 Å². The number of fused-ring (bicyclic) bond motifs is 4. The molecule has 4 aromatic carbocycles. The van der Waals surface area contributed by atoms with Gasteiger partial charge >= 0.3 is 0 Å². The highest BCUT2D eigenvalue weighted by Crippen LogP contribution is 2.44. The van der Waals surface area contributed by atoms with Crippen molar-refractivity contribution in [2.45, 2.75) is 31.3 Å². The molecule has 0 fully saturated rings. The number of aromatic nitrogens is 2. The molecule has 2 aliphatic rings. The van der Waals surface area contributed by atoms with Crippen LogP contribution in [0, 0.1) is 0 Å². The minimum Gasteiger partial charge on any atom is -0.347 e. The minimum atomic E-state index is -0.298. The standard InChI is InChI=1S/C37H32N4O2/c1-38-30-16-7-5-14-26(30)34(36(38)42)28-22-40(32-18-9-3-12-24(28)32)20-11-21-41-23-29(25-13-4-10-19-33(25)41)35-27-15-6-8-17-31(27)39(2)37(35)43/h3-10,12-19,22-23,34-35H,11,20-21H2,1-2H3. The van der Waals surface area contributed by atoms with Gasteiger partial charge in [-0.25, -0.2) is 0 Å². The summed E-state index contributed by atoms with van der Waals surface area (Å²) in [6.07, 6.45) is 5.28. The third kappa shape index (κ3) is 3.79. The molecule has 4 heterocycles. The number of nitrogens with zero attached hydrogens (tertiary/aromatic N) is 4. The Morgan fingerprint density at radius 2 is 0.907 bits per heavy atom. The van der Waals surface area contributed by atoms with Crippen molar-refractivity contribution in [3.63, 3.8) is 0 Å². The third-order valence-corrected chi connectivity index (χ3v) is 9.43. The van der Waals surface area contributed by atoms with E-state index in [1.54, 1.807) is 9.80 Å². The van der Waals surface area contributed by atoms with E-state index < -0.39 is 0 Å². The average Bonchev–Trinajstić information content (AvgIpc) is 3.73. The Morgan fingerprint density at radius 3 is 1.37 bits per heavy atom. The van der Waals surface area contributed by atoms with Crippen molar-refractivity contribution in [3.05, 3.63) is 132 Å². The number of anilines is 2. The van der Waals surface area contributed by atoms with Gasteiger partial charge < -0.3 is 18.9 Å². The first-order chi connectivity index (χ1) is 21.0. The zero-order chi connectivity index (χ0) is 29.2. The van der Waals surface area contributed by atoms with E-state index in [9.17, 15) is 9.59 Å². The molecule has 0 radical (unpaired) electrons. The number of hydrogen-bond donors (Lipinski definition) is 0. The molecule has 0 spiro atoms. The maximum absolute atomic E-state index is 13.5. The van der Waals surface area contributed by atoms with Gasteiger partial charge in [-0.15, -0.1) is 0 Å². The first-order valence-electron chi connectivity index (χ1n) is 14.9. The van der Waals surface area contributed by atoms with Crippen molar-refractivity contribution < 1.29 is 9.59 Å². The number of aryl methyl sites for hydroxylation is 2. The Hall–Kier alpha value is -5.10. The number of carbonyl (C=O) groups excluding carboxylic acids is 2. The molecule has 0 N–H and O–H groups in total. The van der Waals surface area contributed by atoms with E-state index in [-0.39, 0.29) is 23.7 Å². The lowest BCUT2D eigenvalue weighted by atomic mass is 9.92. The SMILES string of the molecule is CN1C(=O)C(c2cn(CCCn3cc(C4C(=O)N(C)c5ccccc54)c4ccccc43)c3ccccc23)c2ccccc21. The molecule has 0 aliphatic carbocycles. The average molecular weight is 565 g/mol. The van der Waals surface area contributed by atoms with Crippen LogP contribution < -0.4 is 9.80 Å². The van der Waals surface area contributed by atoms with Crippen molar-refractivity contribution in [2.24, 2.45) is 0 Å². The topological polar surface area (TPSA) is 50.5 Å². The molecule has 6 aromatic rings. The van der Waals surface area contributed by atoms with E-state index in [0.29, 0.717) is 0 Å². The zero-order valence-electron chi connectivity index (χ0n) is 24.3. The minimum absolute atomic E-state index is 0.115. The van der Waals surface area contributed by atoms with E-state index in [0.717, 1.165) is 74.9 Å². The molecule has 2 amide bonds. The molecule has 2 unspecified atom stereocenters. The summed E-state index contributed by atoms with van der Waals surface area (Å²) in [5.74, 6) is -0.366. The van der Waals surface area contributed by atoms with Gasteiger partial charge in [0.05, 0.1) is 11.8 Å². The fourth-order valence-electron chi connectivity index (χ4n) is 7.36. The van der Waals surface area contributed by atoms with Gasteiger partial charge in [0, 0.05) is 72.8 Å². The fourth-order valence-corrected chi connectivity index (χ4v) is 7.36. The Balaban J connectivity index is 1.11. The maximum atomic E-state index is 13.5. The number of benzene rings is 4. The first-order valence-corrected chi connectivity index (χ1v) is 14.9. The number of hydrogen-bond acceptors (Lipinski definition) is 2. The molecule has 43 heavy (non-hydrogen) atoms. The molecular weight excluding hydrogens is 532 g/mol.